The van der Waals surface area contributed by atoms with Gasteiger partial charge >= 0.3 is 6.03 Å². The summed E-state index contributed by atoms with van der Waals surface area (Å²) in [6, 6.07) is 7.10. The molecule has 0 radical (unpaired) electrons. The van der Waals surface area contributed by atoms with E-state index in [9.17, 15) is 4.79 Å². The zero-order valence-electron chi connectivity index (χ0n) is 11.6. The molecule has 6 heteroatoms. The van der Waals surface area contributed by atoms with Gasteiger partial charge in [0.25, 0.3) is 0 Å². The van der Waals surface area contributed by atoms with Gasteiger partial charge in [-0.05, 0) is 37.5 Å². The van der Waals surface area contributed by atoms with Gasteiger partial charge in [-0.15, -0.1) is 11.3 Å². The number of carbonyl (C=O) groups excluding carboxylic acids is 1. The van der Waals surface area contributed by atoms with Crippen LogP contribution >= 0.6 is 22.9 Å². The average molecular weight is 322 g/mol. The molecule has 1 aromatic carbocycles. The van der Waals surface area contributed by atoms with Crippen molar-refractivity contribution in [2.75, 3.05) is 5.32 Å². The Labute approximate surface area is 132 Å². The van der Waals surface area contributed by atoms with Crippen molar-refractivity contribution < 1.29 is 4.79 Å². The van der Waals surface area contributed by atoms with Crippen LogP contribution in [0.3, 0.4) is 0 Å². The molecule has 2 aromatic rings. The Morgan fingerprint density at radius 2 is 2.29 bits per heavy atom. The molecule has 110 valence electrons. The lowest BCUT2D eigenvalue weighted by Gasteiger charge is -2.14. The highest BCUT2D eigenvalue weighted by atomic mass is 35.5. The maximum Gasteiger partial charge on any atom is 0.321 e. The molecular formula is C15H16ClN3OS. The number of hydrogen-bond acceptors (Lipinski definition) is 3. The summed E-state index contributed by atoms with van der Waals surface area (Å²) >= 11 is 7.42. The van der Waals surface area contributed by atoms with Gasteiger partial charge in [0, 0.05) is 16.3 Å². The number of amides is 2. The van der Waals surface area contributed by atoms with Crippen molar-refractivity contribution in [2.45, 2.75) is 31.7 Å². The maximum atomic E-state index is 12.0. The standard InChI is InChI=1S/C15H16ClN3OS/c1-9(11-3-2-4-12(16)7-11)17-14(20)19-15-18-13(8-21-15)10-5-6-10/h2-4,7-10H,5-6H2,1H3,(H2,17,18,19,20). The van der Waals surface area contributed by atoms with Gasteiger partial charge in [0.05, 0.1) is 11.7 Å². The molecule has 1 aliphatic carbocycles. The van der Waals surface area contributed by atoms with Crippen LogP contribution in [0, 0.1) is 0 Å². The fourth-order valence-corrected chi connectivity index (χ4v) is 3.09. The summed E-state index contributed by atoms with van der Waals surface area (Å²) in [5.41, 5.74) is 2.06. The van der Waals surface area contributed by atoms with E-state index in [4.69, 9.17) is 11.6 Å². The van der Waals surface area contributed by atoms with E-state index in [1.54, 1.807) is 0 Å². The molecule has 1 fully saturated rings. The molecular weight excluding hydrogens is 306 g/mol. The van der Waals surface area contributed by atoms with E-state index in [-0.39, 0.29) is 12.1 Å². The Morgan fingerprint density at radius 1 is 1.48 bits per heavy atom. The highest BCUT2D eigenvalue weighted by Gasteiger charge is 2.26. The van der Waals surface area contributed by atoms with E-state index in [0.29, 0.717) is 16.1 Å². The van der Waals surface area contributed by atoms with Crippen LogP contribution in [0.2, 0.25) is 5.02 Å². The number of benzene rings is 1. The van der Waals surface area contributed by atoms with Crippen LogP contribution in [0.15, 0.2) is 29.6 Å². The summed E-state index contributed by atoms with van der Waals surface area (Å²) in [4.78, 5) is 16.4. The first-order valence-corrected chi connectivity index (χ1v) is 8.16. The van der Waals surface area contributed by atoms with Gasteiger partial charge in [-0.1, -0.05) is 23.7 Å². The first kappa shape index (κ1) is 14.4. The summed E-state index contributed by atoms with van der Waals surface area (Å²) in [5, 5.41) is 9.00. The second-order valence-electron chi connectivity index (χ2n) is 5.23. The Bertz CT molecular complexity index is 654. The molecule has 0 saturated heterocycles. The molecule has 0 bridgehead atoms. The molecule has 1 atom stereocenters. The van der Waals surface area contributed by atoms with Gasteiger partial charge in [-0.2, -0.15) is 0 Å². The van der Waals surface area contributed by atoms with E-state index in [1.807, 2.05) is 36.6 Å². The summed E-state index contributed by atoms with van der Waals surface area (Å²) in [6.07, 6.45) is 2.42. The molecule has 2 N–H and O–H groups in total. The number of urea groups is 1. The molecule has 0 aliphatic heterocycles. The smallest absolute Gasteiger partial charge is 0.321 e. The molecule has 1 aliphatic rings. The lowest BCUT2D eigenvalue weighted by Crippen LogP contribution is -2.31. The number of hydrogen-bond donors (Lipinski definition) is 2. The molecule has 1 aromatic heterocycles. The molecule has 3 rings (SSSR count). The van der Waals surface area contributed by atoms with Crippen molar-refractivity contribution in [1.82, 2.24) is 10.3 Å². The minimum atomic E-state index is -0.251. The van der Waals surface area contributed by atoms with Gasteiger partial charge < -0.3 is 5.32 Å². The van der Waals surface area contributed by atoms with Crippen LogP contribution in [-0.2, 0) is 0 Å². The third kappa shape index (κ3) is 3.74. The number of aromatic nitrogens is 1. The third-order valence-corrected chi connectivity index (χ3v) is 4.45. The maximum absolute atomic E-state index is 12.0. The number of nitrogens with one attached hydrogen (secondary N) is 2. The molecule has 1 saturated carbocycles. The molecule has 21 heavy (non-hydrogen) atoms. The van der Waals surface area contributed by atoms with Crippen LogP contribution in [0.5, 0.6) is 0 Å². The van der Waals surface area contributed by atoms with Gasteiger partial charge in [-0.25, -0.2) is 9.78 Å². The van der Waals surface area contributed by atoms with E-state index < -0.39 is 0 Å². The lowest BCUT2D eigenvalue weighted by atomic mass is 10.1. The fourth-order valence-electron chi connectivity index (χ4n) is 2.10. The Balaban J connectivity index is 1.57. The monoisotopic (exact) mass is 321 g/mol. The number of anilines is 1. The second-order valence-corrected chi connectivity index (χ2v) is 6.52. The van der Waals surface area contributed by atoms with Crippen LogP contribution in [0.25, 0.3) is 0 Å². The van der Waals surface area contributed by atoms with Crippen molar-refractivity contribution in [3.05, 3.63) is 45.9 Å². The van der Waals surface area contributed by atoms with E-state index >= 15 is 0 Å². The zero-order chi connectivity index (χ0) is 14.8. The highest BCUT2D eigenvalue weighted by molar-refractivity contribution is 7.13. The largest absolute Gasteiger partial charge is 0.331 e. The highest BCUT2D eigenvalue weighted by Crippen LogP contribution is 2.40. The van der Waals surface area contributed by atoms with Crippen molar-refractivity contribution in [2.24, 2.45) is 0 Å². The predicted molar refractivity (Wildman–Crippen MR) is 86.1 cm³/mol. The van der Waals surface area contributed by atoms with E-state index in [1.165, 1.54) is 24.2 Å². The van der Waals surface area contributed by atoms with Crippen LogP contribution in [0.4, 0.5) is 9.93 Å². The predicted octanol–water partition coefficient (Wildman–Crippen LogP) is 4.56. The van der Waals surface area contributed by atoms with Gasteiger partial charge in [0.1, 0.15) is 0 Å². The SMILES string of the molecule is CC(NC(=O)Nc1nc(C2CC2)cs1)c1cccc(Cl)c1. The van der Waals surface area contributed by atoms with Gasteiger partial charge in [-0.3, -0.25) is 5.32 Å². The van der Waals surface area contributed by atoms with Crippen molar-refractivity contribution in [1.29, 1.82) is 0 Å². The van der Waals surface area contributed by atoms with Crippen LogP contribution < -0.4 is 10.6 Å². The Kier molecular flexibility index (Phi) is 4.12. The minimum absolute atomic E-state index is 0.119. The van der Waals surface area contributed by atoms with E-state index in [0.717, 1.165) is 11.3 Å². The number of thiazole rings is 1. The number of nitrogens with zero attached hydrogens (tertiary/aromatic N) is 1. The number of rotatable bonds is 4. The van der Waals surface area contributed by atoms with Crippen molar-refractivity contribution in [3.63, 3.8) is 0 Å². The number of carbonyl (C=O) groups is 1. The van der Waals surface area contributed by atoms with E-state index in [2.05, 4.69) is 15.6 Å². The summed E-state index contributed by atoms with van der Waals surface area (Å²) in [5.74, 6) is 0.602. The Morgan fingerprint density at radius 3 is 3.00 bits per heavy atom. The van der Waals surface area contributed by atoms with Crippen molar-refractivity contribution in [3.8, 4) is 0 Å². The molecule has 0 spiro atoms. The summed E-state index contributed by atoms with van der Waals surface area (Å²) in [6.45, 7) is 1.92. The van der Waals surface area contributed by atoms with Gasteiger partial charge in [0.15, 0.2) is 5.13 Å². The second kappa shape index (κ2) is 6.03. The molecule has 1 unspecified atom stereocenters. The Hall–Kier alpha value is -1.59. The van der Waals surface area contributed by atoms with Gasteiger partial charge in [0.2, 0.25) is 0 Å². The minimum Gasteiger partial charge on any atom is -0.331 e. The summed E-state index contributed by atoms with van der Waals surface area (Å²) in [7, 11) is 0. The lowest BCUT2D eigenvalue weighted by molar-refractivity contribution is 0.249. The normalized spacial score (nSPS) is 15.5. The first-order chi connectivity index (χ1) is 10.1. The molecule has 4 nitrogen and oxygen atoms in total. The van der Waals surface area contributed by atoms with Crippen molar-refractivity contribution >= 4 is 34.1 Å². The summed E-state index contributed by atoms with van der Waals surface area (Å²) < 4.78 is 0. The zero-order valence-corrected chi connectivity index (χ0v) is 13.2. The van der Waals surface area contributed by atoms with Crippen LogP contribution in [0.1, 0.15) is 43.0 Å². The average Bonchev–Trinajstić information content (AvgIpc) is 3.20. The molecule has 1 heterocycles. The quantitative estimate of drug-likeness (QED) is 0.867. The number of halogens is 1. The first-order valence-electron chi connectivity index (χ1n) is 6.90. The third-order valence-electron chi connectivity index (χ3n) is 3.43. The molecule has 2 amide bonds. The fraction of sp³-hybridized carbons (Fsp3) is 0.333. The van der Waals surface area contributed by atoms with Crippen LogP contribution in [-0.4, -0.2) is 11.0 Å². The topological polar surface area (TPSA) is 54.0 Å².